The van der Waals surface area contributed by atoms with Gasteiger partial charge in [0.05, 0.1) is 19.8 Å². The van der Waals surface area contributed by atoms with Crippen LogP contribution in [0.3, 0.4) is 0 Å². The van der Waals surface area contributed by atoms with E-state index in [4.69, 9.17) is 14.2 Å². The number of esters is 1. The zero-order chi connectivity index (χ0) is 25.6. The van der Waals surface area contributed by atoms with Gasteiger partial charge in [-0.1, -0.05) is 12.1 Å². The first-order valence-corrected chi connectivity index (χ1v) is 12.2. The van der Waals surface area contributed by atoms with Gasteiger partial charge in [0, 0.05) is 20.3 Å². The molecule has 3 atom stereocenters. The van der Waals surface area contributed by atoms with E-state index >= 15 is 0 Å². The smallest absolute Gasteiger partial charge is 0.302 e. The number of amides is 2. The fourth-order valence-electron chi connectivity index (χ4n) is 4.63. The van der Waals surface area contributed by atoms with E-state index in [1.165, 1.54) is 13.8 Å². The molecule has 2 fully saturated rings. The predicted molar refractivity (Wildman–Crippen MR) is 128 cm³/mol. The lowest BCUT2D eigenvalue weighted by molar-refractivity contribution is -0.148. The lowest BCUT2D eigenvalue weighted by atomic mass is 9.81. The molecule has 3 rings (SSSR count). The number of nitrogens with one attached hydrogen (secondary N) is 2. The van der Waals surface area contributed by atoms with Crippen molar-refractivity contribution in [3.05, 3.63) is 29.8 Å². The number of benzene rings is 1. The summed E-state index contributed by atoms with van der Waals surface area (Å²) >= 11 is 0. The molecule has 0 radical (unpaired) electrons. The van der Waals surface area contributed by atoms with Crippen LogP contribution in [0.15, 0.2) is 24.3 Å². The molecule has 1 aromatic rings. The number of carbonyl (C=O) groups is 4. The topological polar surface area (TPSA) is 123 Å². The van der Waals surface area contributed by atoms with Gasteiger partial charge >= 0.3 is 5.97 Å². The number of Topliss-reactive ketones (excluding diaryl/α,β-unsaturated/α-hetero) is 1. The fourth-order valence-corrected chi connectivity index (χ4v) is 4.63. The SMILES string of the molecule is COc1ccc(CC(NC(C)=O)C(=O)NC(CC2CCC(OC(C)=O)CC2)C(=O)C2(C)CO2)cc1. The highest BCUT2D eigenvalue weighted by Crippen LogP contribution is 2.33. The number of ketones is 1. The average Bonchev–Trinajstić information content (AvgIpc) is 3.57. The van der Waals surface area contributed by atoms with Gasteiger partial charge in [-0.05, 0) is 62.6 Å². The Bertz CT molecular complexity index is 918. The monoisotopic (exact) mass is 488 g/mol. The van der Waals surface area contributed by atoms with Gasteiger partial charge < -0.3 is 24.8 Å². The van der Waals surface area contributed by atoms with E-state index in [2.05, 4.69) is 10.6 Å². The molecule has 1 heterocycles. The molecule has 1 saturated heterocycles. The molecule has 2 amide bonds. The highest BCUT2D eigenvalue weighted by molar-refractivity contribution is 5.97. The van der Waals surface area contributed by atoms with Crippen LogP contribution < -0.4 is 15.4 Å². The molecule has 1 aliphatic carbocycles. The highest BCUT2D eigenvalue weighted by atomic mass is 16.6. The Morgan fingerprint density at radius 3 is 2.17 bits per heavy atom. The van der Waals surface area contributed by atoms with Crippen molar-refractivity contribution < 1.29 is 33.4 Å². The van der Waals surface area contributed by atoms with Gasteiger partial charge in [-0.3, -0.25) is 19.2 Å². The van der Waals surface area contributed by atoms with Gasteiger partial charge in [-0.2, -0.15) is 0 Å². The molecule has 192 valence electrons. The number of hydrogen-bond donors (Lipinski definition) is 2. The molecule has 0 bridgehead atoms. The molecule has 0 spiro atoms. The van der Waals surface area contributed by atoms with Crippen LogP contribution in [0, 0.1) is 5.92 Å². The van der Waals surface area contributed by atoms with Crippen molar-refractivity contribution in [2.45, 2.75) is 83.1 Å². The summed E-state index contributed by atoms with van der Waals surface area (Å²) < 4.78 is 15.9. The molecule has 1 aliphatic heterocycles. The van der Waals surface area contributed by atoms with E-state index in [9.17, 15) is 19.2 Å². The second kappa shape index (κ2) is 11.7. The summed E-state index contributed by atoms with van der Waals surface area (Å²) in [5.74, 6) is -0.275. The van der Waals surface area contributed by atoms with E-state index in [-0.39, 0.29) is 36.1 Å². The van der Waals surface area contributed by atoms with Gasteiger partial charge in [0.2, 0.25) is 11.8 Å². The van der Waals surface area contributed by atoms with Crippen LogP contribution in [0.25, 0.3) is 0 Å². The van der Waals surface area contributed by atoms with Crippen LogP contribution in [-0.4, -0.2) is 61.1 Å². The number of ether oxygens (including phenoxy) is 3. The van der Waals surface area contributed by atoms with Crippen LogP contribution in [0.4, 0.5) is 0 Å². The number of methoxy groups -OCH3 is 1. The molecule has 35 heavy (non-hydrogen) atoms. The number of rotatable bonds is 11. The Labute approximate surface area is 206 Å². The second-order valence-corrected chi connectivity index (χ2v) is 9.74. The maximum atomic E-state index is 13.3. The standard InChI is InChI=1S/C26H36N2O7/c1-16(29)27-23(14-19-5-9-20(33-4)10-6-19)25(32)28-22(24(31)26(3)15-34-26)13-18-7-11-21(12-8-18)35-17(2)30/h5-6,9-10,18,21-23H,7-8,11-15H2,1-4H3,(H,27,29)(H,28,32). The van der Waals surface area contributed by atoms with Crippen molar-refractivity contribution >= 4 is 23.6 Å². The molecule has 2 N–H and O–H groups in total. The minimum absolute atomic E-state index is 0.0922. The predicted octanol–water partition coefficient (Wildman–Crippen LogP) is 2.10. The van der Waals surface area contributed by atoms with Crippen molar-refractivity contribution in [2.75, 3.05) is 13.7 Å². The summed E-state index contributed by atoms with van der Waals surface area (Å²) in [7, 11) is 1.58. The Kier molecular flexibility index (Phi) is 8.88. The molecule has 9 nitrogen and oxygen atoms in total. The van der Waals surface area contributed by atoms with Gasteiger partial charge in [0.1, 0.15) is 23.5 Å². The summed E-state index contributed by atoms with van der Waals surface area (Å²) in [4.78, 5) is 49.6. The minimum Gasteiger partial charge on any atom is -0.497 e. The summed E-state index contributed by atoms with van der Waals surface area (Å²) in [6.45, 7) is 4.83. The first-order valence-electron chi connectivity index (χ1n) is 12.2. The summed E-state index contributed by atoms with van der Waals surface area (Å²) in [6.07, 6.45) is 3.73. The zero-order valence-corrected chi connectivity index (χ0v) is 20.9. The lowest BCUT2D eigenvalue weighted by Gasteiger charge is -2.31. The maximum absolute atomic E-state index is 13.3. The Balaban J connectivity index is 1.68. The molecule has 1 aromatic carbocycles. The molecular formula is C26H36N2O7. The lowest BCUT2D eigenvalue weighted by Crippen LogP contribution is -2.54. The molecule has 2 aliphatic rings. The first kappa shape index (κ1) is 26.7. The first-order chi connectivity index (χ1) is 16.6. The van der Waals surface area contributed by atoms with Crippen LogP contribution in [0.2, 0.25) is 0 Å². The normalized spacial score (nSPS) is 25.0. The highest BCUT2D eigenvalue weighted by Gasteiger charge is 2.50. The maximum Gasteiger partial charge on any atom is 0.302 e. The van der Waals surface area contributed by atoms with Crippen molar-refractivity contribution in [3.8, 4) is 5.75 Å². The largest absolute Gasteiger partial charge is 0.497 e. The van der Waals surface area contributed by atoms with Crippen molar-refractivity contribution in [1.29, 1.82) is 0 Å². The summed E-state index contributed by atoms with van der Waals surface area (Å²) in [5.41, 5.74) is -0.0318. The number of epoxide rings is 1. The molecule has 9 heteroatoms. The third kappa shape index (κ3) is 7.78. The van der Waals surface area contributed by atoms with Crippen molar-refractivity contribution in [2.24, 2.45) is 5.92 Å². The zero-order valence-electron chi connectivity index (χ0n) is 20.9. The third-order valence-electron chi connectivity index (χ3n) is 6.72. The van der Waals surface area contributed by atoms with E-state index in [0.29, 0.717) is 18.8 Å². The second-order valence-electron chi connectivity index (χ2n) is 9.74. The Morgan fingerprint density at radius 2 is 1.66 bits per heavy atom. The Hall–Kier alpha value is -2.94. The van der Waals surface area contributed by atoms with Crippen LogP contribution >= 0.6 is 0 Å². The van der Waals surface area contributed by atoms with E-state index in [0.717, 1.165) is 31.2 Å². The van der Waals surface area contributed by atoms with E-state index < -0.39 is 23.6 Å². The molecular weight excluding hydrogens is 452 g/mol. The molecule has 3 unspecified atom stereocenters. The average molecular weight is 489 g/mol. The minimum atomic E-state index is -0.883. The van der Waals surface area contributed by atoms with Gasteiger partial charge in [-0.15, -0.1) is 0 Å². The number of hydrogen-bond acceptors (Lipinski definition) is 7. The van der Waals surface area contributed by atoms with Crippen LogP contribution in [-0.2, 0) is 35.1 Å². The van der Waals surface area contributed by atoms with Gasteiger partial charge in [0.15, 0.2) is 5.78 Å². The van der Waals surface area contributed by atoms with Crippen LogP contribution in [0.1, 0.15) is 58.4 Å². The van der Waals surface area contributed by atoms with E-state index in [1.807, 2.05) is 12.1 Å². The van der Waals surface area contributed by atoms with Gasteiger partial charge in [-0.25, -0.2) is 0 Å². The van der Waals surface area contributed by atoms with E-state index in [1.54, 1.807) is 26.2 Å². The summed E-state index contributed by atoms with van der Waals surface area (Å²) in [5, 5.41) is 5.62. The third-order valence-corrected chi connectivity index (χ3v) is 6.72. The molecule has 0 aromatic heterocycles. The Morgan fingerprint density at radius 1 is 1.03 bits per heavy atom. The van der Waals surface area contributed by atoms with Crippen molar-refractivity contribution in [1.82, 2.24) is 10.6 Å². The number of carbonyl (C=O) groups excluding carboxylic acids is 4. The summed E-state index contributed by atoms with van der Waals surface area (Å²) in [6, 6.07) is 5.71. The van der Waals surface area contributed by atoms with Crippen LogP contribution in [0.5, 0.6) is 5.75 Å². The van der Waals surface area contributed by atoms with Gasteiger partial charge in [0.25, 0.3) is 0 Å². The van der Waals surface area contributed by atoms with Crippen molar-refractivity contribution in [3.63, 3.8) is 0 Å². The molecule has 1 saturated carbocycles. The quantitative estimate of drug-likeness (QED) is 0.361. The fraction of sp³-hybridized carbons (Fsp3) is 0.615.